The molecule has 2 aromatic rings. The zero-order valence-corrected chi connectivity index (χ0v) is 9.78. The van der Waals surface area contributed by atoms with Gasteiger partial charge < -0.3 is 5.73 Å². The highest BCUT2D eigenvalue weighted by molar-refractivity contribution is 7.11. The number of rotatable bonds is 2. The number of nitrogens with zero attached hydrogens (tertiary/aromatic N) is 1. The third kappa shape index (κ3) is 1.73. The van der Waals surface area contributed by atoms with E-state index >= 15 is 0 Å². The molecule has 1 unspecified atom stereocenters. The zero-order valence-electron chi connectivity index (χ0n) is 8.15. The number of hydrogen-bond donors (Lipinski definition) is 1. The Balaban J connectivity index is 2.36. The summed E-state index contributed by atoms with van der Waals surface area (Å²) in [6.45, 7) is 4.03. The molecule has 0 saturated carbocycles. The molecule has 0 fully saturated rings. The maximum Gasteiger partial charge on any atom is 0.0900 e. The van der Waals surface area contributed by atoms with Crippen LogP contribution in [0.1, 0.15) is 27.2 Å². The second-order valence-corrected chi connectivity index (χ2v) is 5.23. The average molecular weight is 224 g/mol. The smallest absolute Gasteiger partial charge is 0.0900 e. The summed E-state index contributed by atoms with van der Waals surface area (Å²) in [6, 6.07) is 2.07. The SMILES string of the molecule is Cc1nc(C)c(C(N)c2ccsc2)s1. The predicted molar refractivity (Wildman–Crippen MR) is 61.9 cm³/mol. The van der Waals surface area contributed by atoms with Crippen molar-refractivity contribution in [1.29, 1.82) is 0 Å². The third-order valence-corrected chi connectivity index (χ3v) is 3.98. The molecule has 4 heteroatoms. The van der Waals surface area contributed by atoms with Crippen LogP contribution in [0.25, 0.3) is 0 Å². The van der Waals surface area contributed by atoms with E-state index in [1.807, 2.05) is 13.8 Å². The molecule has 0 aliphatic rings. The average Bonchev–Trinajstić information content (AvgIpc) is 2.73. The first kappa shape index (κ1) is 9.83. The van der Waals surface area contributed by atoms with Crippen molar-refractivity contribution in [3.05, 3.63) is 38.0 Å². The molecule has 14 heavy (non-hydrogen) atoms. The third-order valence-electron chi connectivity index (χ3n) is 2.12. The molecule has 2 aromatic heterocycles. The van der Waals surface area contributed by atoms with Gasteiger partial charge in [0.15, 0.2) is 0 Å². The molecule has 2 nitrogen and oxygen atoms in total. The monoisotopic (exact) mass is 224 g/mol. The van der Waals surface area contributed by atoms with Crippen LogP contribution in [0, 0.1) is 13.8 Å². The summed E-state index contributed by atoms with van der Waals surface area (Å²) < 4.78 is 0. The van der Waals surface area contributed by atoms with E-state index in [0.717, 1.165) is 10.7 Å². The van der Waals surface area contributed by atoms with E-state index in [-0.39, 0.29) is 6.04 Å². The molecule has 0 aromatic carbocycles. The molecule has 0 bridgehead atoms. The number of hydrogen-bond acceptors (Lipinski definition) is 4. The first-order valence-corrected chi connectivity index (χ1v) is 6.16. The Kier molecular flexibility index (Phi) is 2.67. The van der Waals surface area contributed by atoms with Crippen LogP contribution in [0.2, 0.25) is 0 Å². The lowest BCUT2D eigenvalue weighted by Gasteiger charge is -2.07. The van der Waals surface area contributed by atoms with Crippen molar-refractivity contribution >= 4 is 22.7 Å². The highest BCUT2D eigenvalue weighted by Crippen LogP contribution is 2.28. The van der Waals surface area contributed by atoms with Gasteiger partial charge in [-0.25, -0.2) is 4.98 Å². The van der Waals surface area contributed by atoms with Gasteiger partial charge in [-0.3, -0.25) is 0 Å². The van der Waals surface area contributed by atoms with Gasteiger partial charge in [0.2, 0.25) is 0 Å². The highest BCUT2D eigenvalue weighted by Gasteiger charge is 2.15. The van der Waals surface area contributed by atoms with Gasteiger partial charge in [0.1, 0.15) is 0 Å². The normalized spacial score (nSPS) is 13.1. The summed E-state index contributed by atoms with van der Waals surface area (Å²) in [5, 5.41) is 5.24. The van der Waals surface area contributed by atoms with E-state index in [4.69, 9.17) is 5.73 Å². The Hall–Kier alpha value is -0.710. The van der Waals surface area contributed by atoms with Crippen LogP contribution in [-0.4, -0.2) is 4.98 Å². The van der Waals surface area contributed by atoms with Crippen LogP contribution < -0.4 is 5.73 Å². The molecule has 0 spiro atoms. The second kappa shape index (κ2) is 3.81. The lowest BCUT2D eigenvalue weighted by atomic mass is 10.1. The van der Waals surface area contributed by atoms with E-state index in [1.165, 1.54) is 10.4 Å². The van der Waals surface area contributed by atoms with Crippen molar-refractivity contribution in [2.75, 3.05) is 0 Å². The van der Waals surface area contributed by atoms with Gasteiger partial charge >= 0.3 is 0 Å². The number of aryl methyl sites for hydroxylation is 2. The largest absolute Gasteiger partial charge is 0.320 e. The maximum absolute atomic E-state index is 6.15. The molecule has 0 radical (unpaired) electrons. The van der Waals surface area contributed by atoms with Gasteiger partial charge in [-0.1, -0.05) is 0 Å². The molecule has 2 heterocycles. The minimum Gasteiger partial charge on any atom is -0.320 e. The van der Waals surface area contributed by atoms with Crippen molar-refractivity contribution in [3.63, 3.8) is 0 Å². The molecule has 0 aliphatic carbocycles. The van der Waals surface area contributed by atoms with E-state index < -0.39 is 0 Å². The first-order chi connectivity index (χ1) is 6.68. The summed E-state index contributed by atoms with van der Waals surface area (Å²) in [5.41, 5.74) is 8.40. The number of aromatic nitrogens is 1. The molecular formula is C10H12N2S2. The Morgan fingerprint density at radius 3 is 2.71 bits per heavy atom. The van der Waals surface area contributed by atoms with Gasteiger partial charge in [-0.2, -0.15) is 11.3 Å². The van der Waals surface area contributed by atoms with E-state index in [0.29, 0.717) is 0 Å². The van der Waals surface area contributed by atoms with Crippen molar-refractivity contribution < 1.29 is 0 Å². The van der Waals surface area contributed by atoms with Crippen molar-refractivity contribution in [2.24, 2.45) is 5.73 Å². The summed E-state index contributed by atoms with van der Waals surface area (Å²) in [4.78, 5) is 5.57. The van der Waals surface area contributed by atoms with Crippen molar-refractivity contribution in [2.45, 2.75) is 19.9 Å². The predicted octanol–water partition coefficient (Wildman–Crippen LogP) is 2.87. The number of thiazole rings is 1. The Bertz CT molecular complexity index is 417. The molecule has 0 amide bonds. The van der Waals surface area contributed by atoms with Crippen LogP contribution in [0.15, 0.2) is 16.8 Å². The summed E-state index contributed by atoms with van der Waals surface area (Å²) in [6.07, 6.45) is 0. The fourth-order valence-electron chi connectivity index (χ4n) is 1.44. The summed E-state index contributed by atoms with van der Waals surface area (Å²) in [5.74, 6) is 0. The second-order valence-electron chi connectivity index (χ2n) is 3.22. The van der Waals surface area contributed by atoms with Gasteiger partial charge in [0.25, 0.3) is 0 Å². The van der Waals surface area contributed by atoms with Crippen molar-refractivity contribution in [3.8, 4) is 0 Å². The van der Waals surface area contributed by atoms with E-state index in [1.54, 1.807) is 22.7 Å². The van der Waals surface area contributed by atoms with E-state index in [9.17, 15) is 0 Å². The van der Waals surface area contributed by atoms with Crippen LogP contribution in [0.5, 0.6) is 0 Å². The quantitative estimate of drug-likeness (QED) is 0.852. The van der Waals surface area contributed by atoms with Gasteiger partial charge in [0.05, 0.1) is 16.7 Å². The van der Waals surface area contributed by atoms with Crippen LogP contribution >= 0.6 is 22.7 Å². The standard InChI is InChI=1S/C10H12N2S2/c1-6-10(14-7(2)12-6)9(11)8-3-4-13-5-8/h3-5,9H,11H2,1-2H3. The topological polar surface area (TPSA) is 38.9 Å². The summed E-state index contributed by atoms with van der Waals surface area (Å²) >= 11 is 3.37. The van der Waals surface area contributed by atoms with Crippen LogP contribution in [0.3, 0.4) is 0 Å². The number of thiophene rings is 1. The molecule has 0 saturated heterocycles. The fraction of sp³-hybridized carbons (Fsp3) is 0.300. The Morgan fingerprint density at radius 2 is 2.21 bits per heavy atom. The Morgan fingerprint density at radius 1 is 1.43 bits per heavy atom. The minimum absolute atomic E-state index is 0.00699. The lowest BCUT2D eigenvalue weighted by Crippen LogP contribution is -2.10. The lowest BCUT2D eigenvalue weighted by molar-refractivity contribution is 0.882. The van der Waals surface area contributed by atoms with Crippen LogP contribution in [-0.2, 0) is 0 Å². The first-order valence-electron chi connectivity index (χ1n) is 4.40. The minimum atomic E-state index is -0.00699. The molecule has 1 atom stereocenters. The molecule has 2 N–H and O–H groups in total. The molecular weight excluding hydrogens is 212 g/mol. The molecule has 0 aliphatic heterocycles. The number of nitrogens with two attached hydrogens (primary N) is 1. The highest BCUT2D eigenvalue weighted by atomic mass is 32.1. The fourth-order valence-corrected chi connectivity index (χ4v) is 3.09. The van der Waals surface area contributed by atoms with E-state index in [2.05, 4.69) is 21.8 Å². The van der Waals surface area contributed by atoms with Gasteiger partial charge in [0, 0.05) is 4.88 Å². The van der Waals surface area contributed by atoms with Gasteiger partial charge in [-0.05, 0) is 36.2 Å². The molecule has 2 rings (SSSR count). The summed E-state index contributed by atoms with van der Waals surface area (Å²) in [7, 11) is 0. The maximum atomic E-state index is 6.15. The molecule has 74 valence electrons. The zero-order chi connectivity index (χ0) is 10.1. The Labute approximate surface area is 91.4 Å². The van der Waals surface area contributed by atoms with Crippen LogP contribution in [0.4, 0.5) is 0 Å². The van der Waals surface area contributed by atoms with Gasteiger partial charge in [-0.15, -0.1) is 11.3 Å². The van der Waals surface area contributed by atoms with Crippen molar-refractivity contribution in [1.82, 2.24) is 4.98 Å².